The van der Waals surface area contributed by atoms with Crippen LogP contribution in [-0.4, -0.2) is 44.6 Å². The number of hydrogen-bond acceptors (Lipinski definition) is 5. The number of nitrogens with zero attached hydrogens (tertiary/aromatic N) is 3. The minimum absolute atomic E-state index is 0.402. The molecule has 19 heavy (non-hydrogen) atoms. The maximum atomic E-state index is 10.4. The molecule has 1 aliphatic heterocycles. The Hall–Kier alpha value is -1.56. The summed E-state index contributed by atoms with van der Waals surface area (Å²) in [5, 5.41) is 9.12. The van der Waals surface area contributed by atoms with E-state index in [9.17, 15) is 4.79 Å². The Labute approximate surface area is 116 Å². The first-order valence-electron chi connectivity index (χ1n) is 6.19. The SMILES string of the molecule is CC1SCCN(c2ncc(/C=C/C(=O)O)cn2)C1C. The molecule has 0 aliphatic carbocycles. The van der Waals surface area contributed by atoms with E-state index in [1.54, 1.807) is 12.4 Å². The molecule has 1 aromatic rings. The molecular weight excluding hydrogens is 262 g/mol. The molecule has 0 amide bonds. The molecule has 1 fully saturated rings. The number of aliphatic carboxylic acids is 1. The Kier molecular flexibility index (Phi) is 4.42. The van der Waals surface area contributed by atoms with E-state index in [-0.39, 0.29) is 0 Å². The minimum Gasteiger partial charge on any atom is -0.478 e. The number of anilines is 1. The van der Waals surface area contributed by atoms with Gasteiger partial charge in [-0.1, -0.05) is 6.92 Å². The maximum Gasteiger partial charge on any atom is 0.328 e. The molecule has 2 unspecified atom stereocenters. The molecule has 1 aromatic heterocycles. The lowest BCUT2D eigenvalue weighted by atomic mass is 10.2. The van der Waals surface area contributed by atoms with Crippen molar-refractivity contribution in [1.29, 1.82) is 0 Å². The van der Waals surface area contributed by atoms with Crippen LogP contribution in [0.5, 0.6) is 0 Å². The van der Waals surface area contributed by atoms with Crippen LogP contribution in [0.3, 0.4) is 0 Å². The lowest BCUT2D eigenvalue weighted by Crippen LogP contribution is -2.45. The highest BCUT2D eigenvalue weighted by Gasteiger charge is 2.26. The fourth-order valence-electron chi connectivity index (χ4n) is 1.95. The third-order valence-corrected chi connectivity index (χ3v) is 4.56. The van der Waals surface area contributed by atoms with Gasteiger partial charge in [0.2, 0.25) is 5.95 Å². The Morgan fingerprint density at radius 3 is 2.79 bits per heavy atom. The molecule has 2 rings (SSSR count). The third-order valence-electron chi connectivity index (χ3n) is 3.22. The molecule has 0 radical (unpaired) electrons. The minimum atomic E-state index is -0.973. The first kappa shape index (κ1) is 13.9. The van der Waals surface area contributed by atoms with E-state index >= 15 is 0 Å². The van der Waals surface area contributed by atoms with Crippen LogP contribution in [0.4, 0.5) is 5.95 Å². The Morgan fingerprint density at radius 1 is 1.47 bits per heavy atom. The fraction of sp³-hybridized carbons (Fsp3) is 0.462. The van der Waals surface area contributed by atoms with Crippen molar-refractivity contribution in [2.75, 3.05) is 17.2 Å². The van der Waals surface area contributed by atoms with Gasteiger partial charge in [0.05, 0.1) is 0 Å². The summed E-state index contributed by atoms with van der Waals surface area (Å²) >= 11 is 1.97. The fourth-order valence-corrected chi connectivity index (χ4v) is 3.05. The summed E-state index contributed by atoms with van der Waals surface area (Å²) in [6.07, 6.45) is 5.88. The van der Waals surface area contributed by atoms with E-state index in [0.29, 0.717) is 22.8 Å². The van der Waals surface area contributed by atoms with Gasteiger partial charge in [0, 0.05) is 47.6 Å². The second-order valence-corrected chi connectivity index (χ2v) is 5.98. The van der Waals surface area contributed by atoms with Crippen LogP contribution in [0.15, 0.2) is 18.5 Å². The van der Waals surface area contributed by atoms with Crippen LogP contribution in [-0.2, 0) is 4.79 Å². The Bertz CT molecular complexity index is 475. The summed E-state index contributed by atoms with van der Waals surface area (Å²) in [4.78, 5) is 21.3. The van der Waals surface area contributed by atoms with Crippen LogP contribution in [0.1, 0.15) is 19.4 Å². The highest BCUT2D eigenvalue weighted by molar-refractivity contribution is 8.00. The Morgan fingerprint density at radius 2 is 2.16 bits per heavy atom. The van der Waals surface area contributed by atoms with Gasteiger partial charge in [0.25, 0.3) is 0 Å². The molecule has 0 bridgehead atoms. The third kappa shape index (κ3) is 3.47. The van der Waals surface area contributed by atoms with Crippen molar-refractivity contribution < 1.29 is 9.90 Å². The van der Waals surface area contributed by atoms with E-state index in [1.807, 2.05) is 11.8 Å². The Balaban J connectivity index is 2.11. The van der Waals surface area contributed by atoms with E-state index in [1.165, 1.54) is 6.08 Å². The van der Waals surface area contributed by atoms with Crippen LogP contribution in [0.25, 0.3) is 6.08 Å². The van der Waals surface area contributed by atoms with Crippen molar-refractivity contribution in [3.8, 4) is 0 Å². The number of carboxylic acid groups (broad SMARTS) is 1. The predicted octanol–water partition coefficient (Wildman–Crippen LogP) is 1.90. The van der Waals surface area contributed by atoms with Crippen LogP contribution in [0.2, 0.25) is 0 Å². The molecule has 0 spiro atoms. The number of aromatic nitrogens is 2. The van der Waals surface area contributed by atoms with E-state index in [4.69, 9.17) is 5.11 Å². The van der Waals surface area contributed by atoms with Crippen molar-refractivity contribution in [3.05, 3.63) is 24.0 Å². The largest absolute Gasteiger partial charge is 0.478 e. The number of carbonyl (C=O) groups is 1. The van der Waals surface area contributed by atoms with Gasteiger partial charge >= 0.3 is 5.97 Å². The second-order valence-electron chi connectivity index (χ2n) is 4.50. The smallest absolute Gasteiger partial charge is 0.328 e. The number of rotatable bonds is 3. The summed E-state index contributed by atoms with van der Waals surface area (Å²) in [6, 6.07) is 0.402. The van der Waals surface area contributed by atoms with Crippen molar-refractivity contribution in [2.45, 2.75) is 25.1 Å². The normalized spacial score (nSPS) is 23.8. The van der Waals surface area contributed by atoms with Gasteiger partial charge in [-0.05, 0) is 13.0 Å². The van der Waals surface area contributed by atoms with Gasteiger partial charge in [0.1, 0.15) is 0 Å². The van der Waals surface area contributed by atoms with Gasteiger partial charge in [-0.15, -0.1) is 0 Å². The topological polar surface area (TPSA) is 66.3 Å². The maximum absolute atomic E-state index is 10.4. The lowest BCUT2D eigenvalue weighted by Gasteiger charge is -2.37. The van der Waals surface area contributed by atoms with Gasteiger partial charge in [-0.3, -0.25) is 0 Å². The van der Waals surface area contributed by atoms with Crippen molar-refractivity contribution >= 4 is 29.8 Å². The number of hydrogen-bond donors (Lipinski definition) is 1. The van der Waals surface area contributed by atoms with E-state index in [2.05, 4.69) is 28.7 Å². The number of carboxylic acids is 1. The zero-order valence-electron chi connectivity index (χ0n) is 11.0. The first-order chi connectivity index (χ1) is 9.08. The molecule has 6 heteroatoms. The average molecular weight is 279 g/mol. The summed E-state index contributed by atoms with van der Waals surface area (Å²) in [6.45, 7) is 5.34. The molecule has 5 nitrogen and oxygen atoms in total. The molecule has 1 N–H and O–H groups in total. The lowest BCUT2D eigenvalue weighted by molar-refractivity contribution is -0.131. The van der Waals surface area contributed by atoms with Crippen molar-refractivity contribution in [3.63, 3.8) is 0 Å². The first-order valence-corrected chi connectivity index (χ1v) is 7.24. The summed E-state index contributed by atoms with van der Waals surface area (Å²) in [7, 11) is 0. The molecule has 0 aromatic carbocycles. The summed E-state index contributed by atoms with van der Waals surface area (Å²) in [5.74, 6) is 0.821. The molecule has 1 saturated heterocycles. The molecule has 2 heterocycles. The van der Waals surface area contributed by atoms with Gasteiger partial charge in [0.15, 0.2) is 0 Å². The summed E-state index contributed by atoms with van der Waals surface area (Å²) < 4.78 is 0. The van der Waals surface area contributed by atoms with Gasteiger partial charge < -0.3 is 10.0 Å². The van der Waals surface area contributed by atoms with Crippen LogP contribution >= 0.6 is 11.8 Å². The van der Waals surface area contributed by atoms with Gasteiger partial charge in [-0.25, -0.2) is 14.8 Å². The summed E-state index contributed by atoms with van der Waals surface area (Å²) in [5.41, 5.74) is 0.693. The molecule has 1 aliphatic rings. The molecule has 0 saturated carbocycles. The molecular formula is C13H17N3O2S. The zero-order chi connectivity index (χ0) is 13.8. The highest BCUT2D eigenvalue weighted by atomic mass is 32.2. The second kappa shape index (κ2) is 6.06. The number of thioether (sulfide) groups is 1. The van der Waals surface area contributed by atoms with E-state index in [0.717, 1.165) is 18.4 Å². The van der Waals surface area contributed by atoms with Crippen molar-refractivity contribution in [2.24, 2.45) is 0 Å². The standard InChI is InChI=1S/C13H17N3O2S/c1-9-10(2)19-6-5-16(9)13-14-7-11(8-15-13)3-4-12(17)18/h3-4,7-10H,5-6H2,1-2H3,(H,17,18)/b4-3+. The highest BCUT2D eigenvalue weighted by Crippen LogP contribution is 2.26. The van der Waals surface area contributed by atoms with Crippen LogP contribution in [0, 0.1) is 0 Å². The monoisotopic (exact) mass is 279 g/mol. The van der Waals surface area contributed by atoms with E-state index < -0.39 is 5.97 Å². The molecule has 2 atom stereocenters. The molecule has 102 valence electrons. The quantitative estimate of drug-likeness (QED) is 0.853. The van der Waals surface area contributed by atoms with Crippen LogP contribution < -0.4 is 4.90 Å². The zero-order valence-corrected chi connectivity index (χ0v) is 11.8. The average Bonchev–Trinajstić information content (AvgIpc) is 2.40. The predicted molar refractivity (Wildman–Crippen MR) is 77.4 cm³/mol. The van der Waals surface area contributed by atoms with Gasteiger partial charge in [-0.2, -0.15) is 11.8 Å². The van der Waals surface area contributed by atoms with Crippen molar-refractivity contribution in [1.82, 2.24) is 9.97 Å².